The maximum Gasteiger partial charge on any atom is 0.293 e. The average molecular weight is 436 g/mol. The van der Waals surface area contributed by atoms with Crippen LogP contribution in [-0.2, 0) is 16.4 Å². The fourth-order valence-corrected chi connectivity index (χ4v) is 6.72. The summed E-state index contributed by atoms with van der Waals surface area (Å²) in [5.74, 6) is 0.501. The number of anilines is 1. The Balaban J connectivity index is 1.69. The molecule has 0 radical (unpaired) electrons. The molecule has 3 heterocycles. The molecule has 1 fully saturated rings. The molecule has 2 aromatic rings. The quantitative estimate of drug-likeness (QED) is 0.531. The van der Waals surface area contributed by atoms with Gasteiger partial charge in [0.1, 0.15) is 5.69 Å². The van der Waals surface area contributed by atoms with Crippen molar-refractivity contribution in [1.29, 1.82) is 0 Å². The Morgan fingerprint density at radius 3 is 2.55 bits per heavy atom. The molecule has 9 heteroatoms. The number of fused-ring (bicyclic) bond motifs is 1. The predicted molar refractivity (Wildman–Crippen MR) is 114 cm³/mol. The van der Waals surface area contributed by atoms with Crippen molar-refractivity contribution in [2.24, 2.45) is 5.92 Å². The second-order valence-electron chi connectivity index (χ2n) is 7.91. The highest BCUT2D eigenvalue weighted by Crippen LogP contribution is 2.40. The molecular weight excluding hydrogens is 410 g/mol. The topological polar surface area (TPSA) is 83.8 Å². The minimum absolute atomic E-state index is 0.00314. The van der Waals surface area contributed by atoms with Crippen LogP contribution in [0.4, 0.5) is 11.4 Å². The number of nitrogens with zero attached hydrogens (tertiary/aromatic N) is 3. The van der Waals surface area contributed by atoms with Crippen molar-refractivity contribution in [2.45, 2.75) is 44.0 Å². The normalized spacial score (nSPS) is 21.2. The lowest BCUT2D eigenvalue weighted by Gasteiger charge is -2.35. The molecule has 0 bridgehead atoms. The van der Waals surface area contributed by atoms with Gasteiger partial charge in [0.05, 0.1) is 15.9 Å². The molecule has 1 unspecified atom stereocenters. The van der Waals surface area contributed by atoms with Crippen molar-refractivity contribution < 1.29 is 13.3 Å². The predicted octanol–water partition coefficient (Wildman–Crippen LogP) is 4.20. The lowest BCUT2D eigenvalue weighted by atomic mass is 10.0. The Morgan fingerprint density at radius 1 is 1.14 bits per heavy atom. The first-order chi connectivity index (χ1) is 13.8. The highest BCUT2D eigenvalue weighted by molar-refractivity contribution is 7.89. The van der Waals surface area contributed by atoms with Gasteiger partial charge in [-0.3, -0.25) is 10.1 Å². The summed E-state index contributed by atoms with van der Waals surface area (Å²) < 4.78 is 27.5. The Kier molecular flexibility index (Phi) is 5.39. The van der Waals surface area contributed by atoms with Gasteiger partial charge in [0, 0.05) is 30.6 Å². The SMILES string of the molecule is CC1CCN(S(=O)(=O)c2ccc(N3CCc4sccc4C3C)c([N+](=O)[O-])c2)CC1. The van der Waals surface area contributed by atoms with Crippen LogP contribution in [0.2, 0.25) is 0 Å². The number of nitro benzene ring substituents is 1. The van der Waals surface area contributed by atoms with Gasteiger partial charge in [0.25, 0.3) is 5.69 Å². The van der Waals surface area contributed by atoms with Crippen LogP contribution in [0.25, 0.3) is 0 Å². The molecule has 2 aliphatic heterocycles. The third-order valence-electron chi connectivity index (χ3n) is 6.11. The van der Waals surface area contributed by atoms with E-state index in [4.69, 9.17) is 0 Å². The number of rotatable bonds is 4. The first-order valence-electron chi connectivity index (χ1n) is 9.90. The summed E-state index contributed by atoms with van der Waals surface area (Å²) in [6, 6.07) is 6.43. The lowest BCUT2D eigenvalue weighted by molar-refractivity contribution is -0.384. The molecule has 156 valence electrons. The van der Waals surface area contributed by atoms with Crippen molar-refractivity contribution in [3.05, 3.63) is 50.2 Å². The van der Waals surface area contributed by atoms with Gasteiger partial charge in [0.2, 0.25) is 10.0 Å². The van der Waals surface area contributed by atoms with Crippen LogP contribution in [0.15, 0.2) is 34.5 Å². The van der Waals surface area contributed by atoms with Gasteiger partial charge in [-0.25, -0.2) is 8.42 Å². The fraction of sp³-hybridized carbons (Fsp3) is 0.500. The van der Waals surface area contributed by atoms with Gasteiger partial charge in [0.15, 0.2) is 0 Å². The number of hydrogen-bond donors (Lipinski definition) is 0. The number of thiophene rings is 1. The van der Waals surface area contributed by atoms with Gasteiger partial charge in [-0.05, 0) is 61.2 Å². The smallest absolute Gasteiger partial charge is 0.293 e. The van der Waals surface area contributed by atoms with E-state index >= 15 is 0 Å². The third-order valence-corrected chi connectivity index (χ3v) is 9.00. The molecule has 1 aromatic heterocycles. The molecular formula is C20H25N3O4S2. The molecule has 0 saturated carbocycles. The lowest BCUT2D eigenvalue weighted by Crippen LogP contribution is -2.38. The molecule has 4 rings (SSSR count). The van der Waals surface area contributed by atoms with E-state index < -0.39 is 14.9 Å². The monoisotopic (exact) mass is 435 g/mol. The van der Waals surface area contributed by atoms with Gasteiger partial charge in [-0.2, -0.15) is 4.31 Å². The standard InChI is InChI=1S/C20H25N3O4S2/c1-14-5-9-21(10-6-14)29(26,27)16-3-4-18(19(13-16)23(24)25)22-11-7-20-17(15(22)2)8-12-28-20/h3-4,8,12-15H,5-7,9-11H2,1-2H3. The fourth-order valence-electron chi connectivity index (χ4n) is 4.27. The summed E-state index contributed by atoms with van der Waals surface area (Å²) in [5, 5.41) is 13.9. The number of benzene rings is 1. The van der Waals surface area contributed by atoms with E-state index in [2.05, 4.69) is 13.0 Å². The number of sulfonamides is 1. The molecule has 7 nitrogen and oxygen atoms in total. The first-order valence-corrected chi connectivity index (χ1v) is 12.2. The second-order valence-corrected chi connectivity index (χ2v) is 10.9. The van der Waals surface area contributed by atoms with E-state index in [1.165, 1.54) is 26.9 Å². The highest BCUT2D eigenvalue weighted by atomic mass is 32.2. The molecule has 1 saturated heterocycles. The molecule has 0 spiro atoms. The maximum atomic E-state index is 13.0. The van der Waals surface area contributed by atoms with E-state index in [-0.39, 0.29) is 16.6 Å². The van der Waals surface area contributed by atoms with Crippen LogP contribution in [0, 0.1) is 16.0 Å². The Hall–Kier alpha value is -1.97. The molecule has 0 amide bonds. The maximum absolute atomic E-state index is 13.0. The number of nitro groups is 1. The molecule has 29 heavy (non-hydrogen) atoms. The number of piperidine rings is 1. The minimum atomic E-state index is -3.73. The molecule has 2 aliphatic rings. The zero-order valence-electron chi connectivity index (χ0n) is 16.6. The first kappa shape index (κ1) is 20.3. The summed E-state index contributed by atoms with van der Waals surface area (Å²) in [6.45, 7) is 5.74. The molecule has 1 atom stereocenters. The van der Waals surface area contributed by atoms with Crippen LogP contribution in [0.1, 0.15) is 43.2 Å². The van der Waals surface area contributed by atoms with Crippen molar-refractivity contribution in [1.82, 2.24) is 4.31 Å². The van der Waals surface area contributed by atoms with E-state index in [9.17, 15) is 18.5 Å². The van der Waals surface area contributed by atoms with Gasteiger partial charge in [-0.1, -0.05) is 6.92 Å². The van der Waals surface area contributed by atoms with Crippen molar-refractivity contribution >= 4 is 32.7 Å². The zero-order valence-corrected chi connectivity index (χ0v) is 18.2. The second kappa shape index (κ2) is 7.70. The van der Waals surface area contributed by atoms with Gasteiger partial charge >= 0.3 is 0 Å². The Bertz CT molecular complexity index is 1030. The minimum Gasteiger partial charge on any atom is -0.359 e. The van der Waals surface area contributed by atoms with Gasteiger partial charge in [-0.15, -0.1) is 11.3 Å². The van der Waals surface area contributed by atoms with Gasteiger partial charge < -0.3 is 4.90 Å². The average Bonchev–Trinajstić information content (AvgIpc) is 3.18. The van der Waals surface area contributed by atoms with Crippen LogP contribution >= 0.6 is 11.3 Å². The van der Waals surface area contributed by atoms with Crippen molar-refractivity contribution in [2.75, 3.05) is 24.5 Å². The largest absolute Gasteiger partial charge is 0.359 e. The zero-order chi connectivity index (χ0) is 20.8. The van der Waals surface area contributed by atoms with Crippen LogP contribution in [-0.4, -0.2) is 37.3 Å². The summed E-state index contributed by atoms with van der Waals surface area (Å²) in [4.78, 5) is 14.7. The molecule has 0 N–H and O–H groups in total. The van der Waals surface area contributed by atoms with E-state index in [0.29, 0.717) is 31.2 Å². The Labute approximate surface area is 175 Å². The van der Waals surface area contributed by atoms with E-state index in [1.54, 1.807) is 17.4 Å². The summed E-state index contributed by atoms with van der Waals surface area (Å²) in [6.07, 6.45) is 2.46. The van der Waals surface area contributed by atoms with Crippen LogP contribution in [0.3, 0.4) is 0 Å². The van der Waals surface area contributed by atoms with E-state index in [0.717, 1.165) is 19.3 Å². The Morgan fingerprint density at radius 2 is 1.86 bits per heavy atom. The van der Waals surface area contributed by atoms with Crippen LogP contribution < -0.4 is 4.90 Å². The number of hydrogen-bond acceptors (Lipinski definition) is 6. The molecule has 1 aromatic carbocycles. The van der Waals surface area contributed by atoms with E-state index in [1.807, 2.05) is 17.2 Å². The van der Waals surface area contributed by atoms with Crippen LogP contribution in [0.5, 0.6) is 0 Å². The third kappa shape index (κ3) is 3.67. The summed E-state index contributed by atoms with van der Waals surface area (Å²) in [7, 11) is -3.73. The molecule has 0 aliphatic carbocycles. The summed E-state index contributed by atoms with van der Waals surface area (Å²) in [5.41, 5.74) is 1.52. The highest BCUT2D eigenvalue weighted by Gasteiger charge is 2.33. The van der Waals surface area contributed by atoms with Crippen molar-refractivity contribution in [3.63, 3.8) is 0 Å². The van der Waals surface area contributed by atoms with Crippen molar-refractivity contribution in [3.8, 4) is 0 Å². The summed E-state index contributed by atoms with van der Waals surface area (Å²) >= 11 is 1.71.